The highest BCUT2D eigenvalue weighted by atomic mass is 16.5. The normalized spacial score (nSPS) is 11.7. The smallest absolute Gasteiger partial charge is 0.335 e. The first-order chi connectivity index (χ1) is 14.0. The lowest BCUT2D eigenvalue weighted by atomic mass is 10.1. The molecule has 0 saturated heterocycles. The minimum atomic E-state index is -1.02. The predicted octanol–water partition coefficient (Wildman–Crippen LogP) is 1.97. The second-order valence-electron chi connectivity index (χ2n) is 6.35. The van der Waals surface area contributed by atoms with Gasteiger partial charge in [0.2, 0.25) is 11.7 Å². The summed E-state index contributed by atoms with van der Waals surface area (Å²) in [4.78, 5) is 24.8. The van der Waals surface area contributed by atoms with Gasteiger partial charge in [-0.25, -0.2) is 4.79 Å². The van der Waals surface area contributed by atoms with Crippen LogP contribution in [0.25, 0.3) is 11.4 Å². The van der Waals surface area contributed by atoms with E-state index in [1.807, 2.05) is 30.3 Å². The molecule has 2 aromatic carbocycles. The number of benzene rings is 2. The number of aromatic nitrogens is 4. The Morgan fingerprint density at radius 2 is 1.97 bits per heavy atom. The maximum atomic E-state index is 12.4. The number of carbonyl (C=O) groups is 2. The number of methoxy groups -OCH3 is 1. The topological polar surface area (TPSA) is 119 Å². The molecule has 0 spiro atoms. The highest BCUT2D eigenvalue weighted by molar-refractivity contribution is 5.88. The number of hydrogen-bond acceptors (Lipinski definition) is 6. The molecule has 0 fully saturated rings. The summed E-state index contributed by atoms with van der Waals surface area (Å²) in [5.41, 5.74) is 1.77. The van der Waals surface area contributed by atoms with Crippen molar-refractivity contribution in [3.05, 3.63) is 59.7 Å². The zero-order valence-electron chi connectivity index (χ0n) is 16.1. The van der Waals surface area contributed by atoms with Crippen LogP contribution in [-0.2, 0) is 11.2 Å². The fourth-order valence-electron chi connectivity index (χ4n) is 2.75. The van der Waals surface area contributed by atoms with Gasteiger partial charge in [0.05, 0.1) is 12.7 Å². The van der Waals surface area contributed by atoms with Crippen LogP contribution in [0.1, 0.15) is 28.9 Å². The Bertz CT molecular complexity index is 1000. The molecule has 1 unspecified atom stereocenters. The molecule has 0 aliphatic rings. The Hall–Kier alpha value is -3.75. The molecule has 9 nitrogen and oxygen atoms in total. The Labute approximate surface area is 167 Å². The van der Waals surface area contributed by atoms with Crippen LogP contribution < -0.4 is 10.1 Å². The minimum absolute atomic E-state index is 0.148. The second kappa shape index (κ2) is 8.96. The number of nitrogens with zero attached hydrogens (tertiary/aromatic N) is 4. The summed E-state index contributed by atoms with van der Waals surface area (Å²) < 4.78 is 5.25. The summed E-state index contributed by atoms with van der Waals surface area (Å²) in [6.07, 6.45) is 0.488. The molecule has 29 heavy (non-hydrogen) atoms. The van der Waals surface area contributed by atoms with Gasteiger partial charge in [0.15, 0.2) is 0 Å². The molecule has 2 N–H and O–H groups in total. The predicted molar refractivity (Wildman–Crippen MR) is 105 cm³/mol. The highest BCUT2D eigenvalue weighted by Crippen LogP contribution is 2.21. The molecule has 0 aliphatic carbocycles. The van der Waals surface area contributed by atoms with E-state index in [1.165, 1.54) is 24.0 Å². The fourth-order valence-corrected chi connectivity index (χ4v) is 2.75. The van der Waals surface area contributed by atoms with Crippen molar-refractivity contribution in [1.82, 2.24) is 25.5 Å². The Morgan fingerprint density at radius 1 is 1.21 bits per heavy atom. The summed E-state index contributed by atoms with van der Waals surface area (Å²) >= 11 is 0. The summed E-state index contributed by atoms with van der Waals surface area (Å²) in [5.74, 6) is -0.346. The van der Waals surface area contributed by atoms with Crippen molar-refractivity contribution < 1.29 is 19.4 Å². The number of tetrazole rings is 1. The molecule has 0 aliphatic heterocycles. The molecule has 1 atom stereocenters. The van der Waals surface area contributed by atoms with Crippen LogP contribution in [0.3, 0.4) is 0 Å². The van der Waals surface area contributed by atoms with E-state index in [0.29, 0.717) is 24.5 Å². The van der Waals surface area contributed by atoms with E-state index in [2.05, 4.69) is 20.7 Å². The number of carbonyl (C=O) groups excluding carboxylic acids is 1. The standard InChI is InChI=1S/C20H21N5O4/c1-13(25-23-18(22-24-25)15-6-4-3-5-7-15)19(26)21-11-10-14-8-9-16(20(27)28)12-17(14)29-2/h3-9,12-13H,10-11H2,1-2H3,(H,21,26)(H,27,28). The van der Waals surface area contributed by atoms with Gasteiger partial charge in [0.1, 0.15) is 11.8 Å². The number of rotatable bonds is 8. The van der Waals surface area contributed by atoms with E-state index in [0.717, 1.165) is 11.1 Å². The van der Waals surface area contributed by atoms with Gasteiger partial charge in [-0.05, 0) is 36.3 Å². The highest BCUT2D eigenvalue weighted by Gasteiger charge is 2.18. The van der Waals surface area contributed by atoms with Gasteiger partial charge in [-0.1, -0.05) is 36.4 Å². The van der Waals surface area contributed by atoms with E-state index in [1.54, 1.807) is 13.0 Å². The Kier molecular flexibility index (Phi) is 6.18. The molecule has 3 rings (SSSR count). The number of amides is 1. The van der Waals surface area contributed by atoms with Crippen LogP contribution in [0.5, 0.6) is 5.75 Å². The first-order valence-electron chi connectivity index (χ1n) is 9.02. The summed E-state index contributed by atoms with van der Waals surface area (Å²) in [7, 11) is 1.48. The van der Waals surface area contributed by atoms with E-state index in [9.17, 15) is 9.59 Å². The number of aromatic carboxylic acids is 1. The molecule has 1 amide bonds. The zero-order chi connectivity index (χ0) is 20.8. The van der Waals surface area contributed by atoms with Crippen molar-refractivity contribution in [3.8, 4) is 17.1 Å². The molecular formula is C20H21N5O4. The van der Waals surface area contributed by atoms with Crippen LogP contribution in [0.4, 0.5) is 0 Å². The van der Waals surface area contributed by atoms with E-state index in [-0.39, 0.29) is 11.5 Å². The van der Waals surface area contributed by atoms with Crippen LogP contribution in [0.2, 0.25) is 0 Å². The number of ether oxygens (including phenoxy) is 1. The van der Waals surface area contributed by atoms with Crippen molar-refractivity contribution in [3.63, 3.8) is 0 Å². The Balaban J connectivity index is 1.58. The summed E-state index contributed by atoms with van der Waals surface area (Å²) in [6.45, 7) is 2.04. The van der Waals surface area contributed by atoms with Gasteiger partial charge < -0.3 is 15.2 Å². The van der Waals surface area contributed by atoms with Gasteiger partial charge in [-0.15, -0.1) is 10.2 Å². The third-order valence-corrected chi connectivity index (χ3v) is 4.41. The fraction of sp³-hybridized carbons (Fsp3) is 0.250. The van der Waals surface area contributed by atoms with Gasteiger partial charge in [0.25, 0.3) is 0 Å². The third kappa shape index (κ3) is 4.75. The zero-order valence-corrected chi connectivity index (χ0v) is 16.1. The summed E-state index contributed by atoms with van der Waals surface area (Å²) in [5, 5.41) is 24.1. The molecule has 150 valence electrons. The lowest BCUT2D eigenvalue weighted by Crippen LogP contribution is -2.33. The molecule has 0 radical (unpaired) electrons. The maximum absolute atomic E-state index is 12.4. The number of nitrogens with one attached hydrogen (secondary N) is 1. The molecule has 9 heteroatoms. The third-order valence-electron chi connectivity index (χ3n) is 4.41. The van der Waals surface area contributed by atoms with Crippen molar-refractivity contribution in [2.24, 2.45) is 0 Å². The van der Waals surface area contributed by atoms with Gasteiger partial charge >= 0.3 is 5.97 Å². The lowest BCUT2D eigenvalue weighted by Gasteiger charge is -2.12. The van der Waals surface area contributed by atoms with Crippen LogP contribution >= 0.6 is 0 Å². The Morgan fingerprint density at radius 3 is 2.66 bits per heavy atom. The molecule has 0 saturated carbocycles. The van der Waals surface area contributed by atoms with E-state index < -0.39 is 12.0 Å². The second-order valence-corrected chi connectivity index (χ2v) is 6.35. The first-order valence-corrected chi connectivity index (χ1v) is 9.02. The average molecular weight is 395 g/mol. The number of carboxylic acids is 1. The molecule has 1 aromatic heterocycles. The molecule has 0 bridgehead atoms. The van der Waals surface area contributed by atoms with Crippen LogP contribution in [-0.4, -0.2) is 50.8 Å². The van der Waals surface area contributed by atoms with Crippen molar-refractivity contribution >= 4 is 11.9 Å². The van der Waals surface area contributed by atoms with Gasteiger partial charge in [-0.3, -0.25) is 4.79 Å². The lowest BCUT2D eigenvalue weighted by molar-refractivity contribution is -0.124. The largest absolute Gasteiger partial charge is 0.496 e. The van der Waals surface area contributed by atoms with Gasteiger partial charge in [-0.2, -0.15) is 4.80 Å². The quantitative estimate of drug-likeness (QED) is 0.598. The SMILES string of the molecule is COc1cc(C(=O)O)ccc1CCNC(=O)C(C)n1nnc(-c2ccccc2)n1. The van der Waals surface area contributed by atoms with E-state index in [4.69, 9.17) is 9.84 Å². The average Bonchev–Trinajstić information content (AvgIpc) is 3.24. The monoisotopic (exact) mass is 395 g/mol. The molecule has 1 heterocycles. The summed E-state index contributed by atoms with van der Waals surface area (Å²) in [6, 6.07) is 13.4. The van der Waals surface area contributed by atoms with Crippen LogP contribution in [0, 0.1) is 0 Å². The maximum Gasteiger partial charge on any atom is 0.335 e. The molecule has 3 aromatic rings. The molecular weight excluding hydrogens is 374 g/mol. The number of hydrogen-bond donors (Lipinski definition) is 2. The van der Waals surface area contributed by atoms with E-state index >= 15 is 0 Å². The van der Waals surface area contributed by atoms with Crippen LogP contribution in [0.15, 0.2) is 48.5 Å². The number of carboxylic acid groups (broad SMARTS) is 1. The van der Waals surface area contributed by atoms with Crippen molar-refractivity contribution in [2.75, 3.05) is 13.7 Å². The first kappa shape index (κ1) is 20.0. The minimum Gasteiger partial charge on any atom is -0.496 e. The van der Waals surface area contributed by atoms with Crippen molar-refractivity contribution in [1.29, 1.82) is 0 Å². The van der Waals surface area contributed by atoms with Gasteiger partial charge in [0, 0.05) is 12.1 Å². The van der Waals surface area contributed by atoms with Crippen molar-refractivity contribution in [2.45, 2.75) is 19.4 Å².